The number of aryl methyl sites for hydroxylation is 2. The SMILES string of the molecule is Cc1cc(NC(=O)c2cc(Cl)ccc2F)n(C)n1. The summed E-state index contributed by atoms with van der Waals surface area (Å²) in [4.78, 5) is 11.9. The molecule has 2 rings (SSSR count). The molecule has 0 aliphatic rings. The average Bonchev–Trinajstić information content (AvgIpc) is 2.61. The molecule has 0 unspecified atom stereocenters. The number of hydrogen-bond donors (Lipinski definition) is 1. The summed E-state index contributed by atoms with van der Waals surface area (Å²) < 4.78 is 15.0. The fourth-order valence-electron chi connectivity index (χ4n) is 1.58. The van der Waals surface area contributed by atoms with E-state index in [2.05, 4.69) is 10.4 Å². The maximum Gasteiger partial charge on any atom is 0.259 e. The van der Waals surface area contributed by atoms with E-state index in [0.717, 1.165) is 11.8 Å². The van der Waals surface area contributed by atoms with Gasteiger partial charge in [0.25, 0.3) is 5.91 Å². The molecule has 0 bridgehead atoms. The molecule has 2 aromatic rings. The minimum atomic E-state index is -0.615. The first-order valence-electron chi connectivity index (χ1n) is 5.24. The second-order valence-corrected chi connectivity index (χ2v) is 4.31. The third-order valence-corrected chi connectivity index (χ3v) is 2.65. The Morgan fingerprint density at radius 3 is 2.78 bits per heavy atom. The Hall–Kier alpha value is -1.88. The van der Waals surface area contributed by atoms with Crippen molar-refractivity contribution in [2.45, 2.75) is 6.92 Å². The van der Waals surface area contributed by atoms with Crippen LogP contribution in [0.4, 0.5) is 10.2 Å². The summed E-state index contributed by atoms with van der Waals surface area (Å²) >= 11 is 5.74. The van der Waals surface area contributed by atoms with Crippen molar-refractivity contribution in [3.8, 4) is 0 Å². The van der Waals surface area contributed by atoms with Gasteiger partial charge in [-0.1, -0.05) is 11.6 Å². The van der Waals surface area contributed by atoms with Crippen molar-refractivity contribution >= 4 is 23.3 Å². The van der Waals surface area contributed by atoms with Crippen LogP contribution in [0.2, 0.25) is 5.02 Å². The molecule has 0 spiro atoms. The predicted molar refractivity (Wildman–Crippen MR) is 67.3 cm³/mol. The van der Waals surface area contributed by atoms with Gasteiger partial charge in [0.05, 0.1) is 11.3 Å². The summed E-state index contributed by atoms with van der Waals surface area (Å²) in [5.74, 6) is -0.675. The molecule has 0 fully saturated rings. The summed E-state index contributed by atoms with van der Waals surface area (Å²) in [6, 6.07) is 5.53. The largest absolute Gasteiger partial charge is 0.307 e. The van der Waals surface area contributed by atoms with Crippen molar-refractivity contribution in [1.29, 1.82) is 0 Å². The van der Waals surface area contributed by atoms with E-state index in [1.54, 1.807) is 20.0 Å². The molecule has 0 atom stereocenters. The Labute approximate surface area is 108 Å². The van der Waals surface area contributed by atoms with Crippen molar-refractivity contribution < 1.29 is 9.18 Å². The Bertz CT molecular complexity index is 609. The molecular formula is C12H11ClFN3O. The lowest BCUT2D eigenvalue weighted by atomic mass is 10.2. The quantitative estimate of drug-likeness (QED) is 0.909. The number of carbonyl (C=O) groups excluding carboxylic acids is 1. The molecule has 0 radical (unpaired) electrons. The van der Waals surface area contributed by atoms with E-state index in [9.17, 15) is 9.18 Å². The van der Waals surface area contributed by atoms with E-state index >= 15 is 0 Å². The van der Waals surface area contributed by atoms with E-state index in [1.807, 2.05) is 0 Å². The maximum absolute atomic E-state index is 13.5. The summed E-state index contributed by atoms with van der Waals surface area (Å²) in [5, 5.41) is 6.97. The van der Waals surface area contributed by atoms with Crippen molar-refractivity contribution in [3.63, 3.8) is 0 Å². The zero-order chi connectivity index (χ0) is 13.3. The lowest BCUT2D eigenvalue weighted by molar-refractivity contribution is 0.102. The molecule has 6 heteroatoms. The van der Waals surface area contributed by atoms with Crippen LogP contribution in [-0.2, 0) is 7.05 Å². The molecule has 1 heterocycles. The highest BCUT2D eigenvalue weighted by molar-refractivity contribution is 6.31. The van der Waals surface area contributed by atoms with Crippen molar-refractivity contribution in [3.05, 3.63) is 46.4 Å². The smallest absolute Gasteiger partial charge is 0.259 e. The number of amides is 1. The Morgan fingerprint density at radius 1 is 1.44 bits per heavy atom. The zero-order valence-electron chi connectivity index (χ0n) is 9.87. The Balaban J connectivity index is 2.27. The van der Waals surface area contributed by atoms with Gasteiger partial charge in [-0.15, -0.1) is 0 Å². The fraction of sp³-hybridized carbons (Fsp3) is 0.167. The molecule has 0 saturated carbocycles. The van der Waals surface area contributed by atoms with Crippen LogP contribution in [-0.4, -0.2) is 15.7 Å². The minimum Gasteiger partial charge on any atom is -0.307 e. The zero-order valence-corrected chi connectivity index (χ0v) is 10.6. The first kappa shape index (κ1) is 12.6. The van der Waals surface area contributed by atoms with Gasteiger partial charge in [-0.3, -0.25) is 9.48 Å². The van der Waals surface area contributed by atoms with Crippen molar-refractivity contribution in [1.82, 2.24) is 9.78 Å². The highest BCUT2D eigenvalue weighted by Crippen LogP contribution is 2.17. The Kier molecular flexibility index (Phi) is 3.34. The minimum absolute atomic E-state index is 0.0960. The maximum atomic E-state index is 13.5. The van der Waals surface area contributed by atoms with Gasteiger partial charge in [-0.2, -0.15) is 5.10 Å². The standard InChI is InChI=1S/C12H11ClFN3O/c1-7-5-11(17(2)16-7)15-12(18)9-6-8(13)3-4-10(9)14/h3-6H,1-2H3,(H,15,18). The molecule has 18 heavy (non-hydrogen) atoms. The lowest BCUT2D eigenvalue weighted by Gasteiger charge is -2.06. The van der Waals surface area contributed by atoms with Crippen LogP contribution < -0.4 is 5.32 Å². The van der Waals surface area contributed by atoms with Gasteiger partial charge in [0.15, 0.2) is 0 Å². The number of benzene rings is 1. The normalized spacial score (nSPS) is 10.4. The van der Waals surface area contributed by atoms with Crippen LogP contribution in [0, 0.1) is 12.7 Å². The van der Waals surface area contributed by atoms with Crippen LogP contribution in [0.3, 0.4) is 0 Å². The van der Waals surface area contributed by atoms with E-state index in [4.69, 9.17) is 11.6 Å². The van der Waals surface area contributed by atoms with Crippen LogP contribution in [0.25, 0.3) is 0 Å². The number of nitrogens with one attached hydrogen (secondary N) is 1. The molecule has 94 valence electrons. The molecule has 1 aromatic heterocycles. The van der Waals surface area contributed by atoms with E-state index < -0.39 is 11.7 Å². The van der Waals surface area contributed by atoms with E-state index in [-0.39, 0.29) is 5.56 Å². The van der Waals surface area contributed by atoms with Gasteiger partial charge in [-0.25, -0.2) is 4.39 Å². The first-order valence-corrected chi connectivity index (χ1v) is 5.62. The molecule has 0 aliphatic heterocycles. The molecule has 1 N–H and O–H groups in total. The lowest BCUT2D eigenvalue weighted by Crippen LogP contribution is -2.16. The van der Waals surface area contributed by atoms with Gasteiger partial charge in [-0.05, 0) is 25.1 Å². The third-order valence-electron chi connectivity index (χ3n) is 2.42. The molecule has 4 nitrogen and oxygen atoms in total. The fourth-order valence-corrected chi connectivity index (χ4v) is 1.75. The molecule has 0 saturated heterocycles. The third kappa shape index (κ3) is 2.51. The highest BCUT2D eigenvalue weighted by Gasteiger charge is 2.14. The first-order chi connectivity index (χ1) is 8.47. The van der Waals surface area contributed by atoms with Crippen molar-refractivity contribution in [2.24, 2.45) is 7.05 Å². The van der Waals surface area contributed by atoms with Crippen LogP contribution in [0.1, 0.15) is 16.1 Å². The number of nitrogens with zero attached hydrogens (tertiary/aromatic N) is 2. The molecule has 1 aromatic carbocycles. The molecular weight excluding hydrogens is 257 g/mol. The van der Waals surface area contributed by atoms with E-state index in [0.29, 0.717) is 10.8 Å². The summed E-state index contributed by atoms with van der Waals surface area (Å²) in [7, 11) is 1.69. The number of rotatable bonds is 2. The van der Waals surface area contributed by atoms with Gasteiger partial charge in [0.1, 0.15) is 11.6 Å². The van der Waals surface area contributed by atoms with Gasteiger partial charge >= 0.3 is 0 Å². The van der Waals surface area contributed by atoms with Gasteiger partial charge in [0, 0.05) is 18.1 Å². The van der Waals surface area contributed by atoms with Gasteiger partial charge in [0.2, 0.25) is 0 Å². The van der Waals surface area contributed by atoms with Gasteiger partial charge < -0.3 is 5.32 Å². The number of anilines is 1. The number of aromatic nitrogens is 2. The van der Waals surface area contributed by atoms with Crippen LogP contribution in [0.5, 0.6) is 0 Å². The summed E-state index contributed by atoms with van der Waals surface area (Å²) in [6.45, 7) is 1.80. The number of carbonyl (C=O) groups is 1. The monoisotopic (exact) mass is 267 g/mol. The average molecular weight is 268 g/mol. The summed E-state index contributed by atoms with van der Waals surface area (Å²) in [5.41, 5.74) is 0.667. The predicted octanol–water partition coefficient (Wildman–Crippen LogP) is 2.77. The molecule has 1 amide bonds. The second-order valence-electron chi connectivity index (χ2n) is 3.87. The molecule has 0 aliphatic carbocycles. The van der Waals surface area contributed by atoms with Crippen LogP contribution >= 0.6 is 11.6 Å². The Morgan fingerprint density at radius 2 is 2.17 bits per heavy atom. The van der Waals surface area contributed by atoms with E-state index in [1.165, 1.54) is 16.8 Å². The second kappa shape index (κ2) is 4.78. The topological polar surface area (TPSA) is 46.9 Å². The van der Waals surface area contributed by atoms with Crippen molar-refractivity contribution in [2.75, 3.05) is 5.32 Å². The highest BCUT2D eigenvalue weighted by atomic mass is 35.5. The van der Waals surface area contributed by atoms with Crippen LogP contribution in [0.15, 0.2) is 24.3 Å². The number of halogens is 2. The number of hydrogen-bond acceptors (Lipinski definition) is 2. The summed E-state index contributed by atoms with van der Waals surface area (Å²) in [6.07, 6.45) is 0.